The van der Waals surface area contributed by atoms with Crippen LogP contribution >= 0.6 is 0 Å². The lowest BCUT2D eigenvalue weighted by molar-refractivity contribution is -0.131. The SMILES string of the molecule is CCc1ccc2c(c1)c(/C(C)=C/C(=O)O)cn2C. The molecule has 0 radical (unpaired) electrons. The van der Waals surface area contributed by atoms with Crippen molar-refractivity contribution in [2.24, 2.45) is 7.05 Å². The van der Waals surface area contributed by atoms with E-state index in [0.29, 0.717) is 0 Å². The first-order valence-electron chi connectivity index (χ1n) is 6.02. The second-order valence-corrected chi connectivity index (χ2v) is 4.52. The van der Waals surface area contributed by atoms with Crippen molar-refractivity contribution < 1.29 is 9.90 Å². The van der Waals surface area contributed by atoms with Gasteiger partial charge in [-0.3, -0.25) is 0 Å². The van der Waals surface area contributed by atoms with E-state index < -0.39 is 5.97 Å². The molecule has 1 heterocycles. The molecule has 94 valence electrons. The standard InChI is InChI=1S/C15H17NO2/c1-4-11-5-6-14-12(8-11)13(9-16(14)3)10(2)7-15(17)18/h5-9H,4H2,1-3H3,(H,17,18)/b10-7+. The lowest BCUT2D eigenvalue weighted by atomic mass is 10.0. The molecule has 0 amide bonds. The van der Waals surface area contributed by atoms with E-state index in [4.69, 9.17) is 5.11 Å². The number of benzene rings is 1. The van der Waals surface area contributed by atoms with Crippen LogP contribution in [0.3, 0.4) is 0 Å². The molecule has 0 atom stereocenters. The molecular weight excluding hydrogens is 226 g/mol. The topological polar surface area (TPSA) is 42.2 Å². The summed E-state index contributed by atoms with van der Waals surface area (Å²) in [6.45, 7) is 3.95. The van der Waals surface area contributed by atoms with Gasteiger partial charge in [0.25, 0.3) is 0 Å². The van der Waals surface area contributed by atoms with Crippen molar-refractivity contribution >= 4 is 22.4 Å². The van der Waals surface area contributed by atoms with Crippen LogP contribution in [-0.4, -0.2) is 15.6 Å². The number of aromatic nitrogens is 1. The van der Waals surface area contributed by atoms with Crippen molar-refractivity contribution in [1.82, 2.24) is 4.57 Å². The van der Waals surface area contributed by atoms with Gasteiger partial charge in [0.1, 0.15) is 0 Å². The largest absolute Gasteiger partial charge is 0.478 e. The normalized spacial score (nSPS) is 12.1. The molecule has 0 unspecified atom stereocenters. The number of hydrogen-bond acceptors (Lipinski definition) is 1. The van der Waals surface area contributed by atoms with E-state index in [0.717, 1.165) is 28.5 Å². The van der Waals surface area contributed by atoms with Gasteiger partial charge in [-0.15, -0.1) is 0 Å². The first kappa shape index (κ1) is 12.4. The Bertz CT molecular complexity index is 635. The molecule has 0 bridgehead atoms. The maximum atomic E-state index is 10.8. The predicted octanol–water partition coefficient (Wildman–Crippen LogP) is 3.23. The van der Waals surface area contributed by atoms with Crippen molar-refractivity contribution in [2.45, 2.75) is 20.3 Å². The summed E-state index contributed by atoms with van der Waals surface area (Å²) in [7, 11) is 1.98. The molecule has 0 saturated carbocycles. The predicted molar refractivity (Wildman–Crippen MR) is 73.6 cm³/mol. The van der Waals surface area contributed by atoms with Crippen molar-refractivity contribution in [3.8, 4) is 0 Å². The Labute approximate surface area is 106 Å². The second kappa shape index (κ2) is 4.69. The summed E-state index contributed by atoms with van der Waals surface area (Å²) in [4.78, 5) is 10.8. The lowest BCUT2D eigenvalue weighted by Gasteiger charge is -2.01. The van der Waals surface area contributed by atoms with Gasteiger partial charge in [0.05, 0.1) is 0 Å². The van der Waals surface area contributed by atoms with Gasteiger partial charge in [0, 0.05) is 35.8 Å². The third-order valence-corrected chi connectivity index (χ3v) is 3.23. The molecule has 0 aliphatic carbocycles. The van der Waals surface area contributed by atoms with Gasteiger partial charge in [-0.1, -0.05) is 13.0 Å². The molecule has 18 heavy (non-hydrogen) atoms. The van der Waals surface area contributed by atoms with Crippen LogP contribution < -0.4 is 0 Å². The lowest BCUT2D eigenvalue weighted by Crippen LogP contribution is -1.89. The third kappa shape index (κ3) is 2.16. The van der Waals surface area contributed by atoms with E-state index >= 15 is 0 Å². The molecule has 2 aromatic rings. The van der Waals surface area contributed by atoms with Crippen LogP contribution in [0.25, 0.3) is 16.5 Å². The average molecular weight is 243 g/mol. The Kier molecular flexibility index (Phi) is 3.24. The van der Waals surface area contributed by atoms with E-state index in [-0.39, 0.29) is 0 Å². The summed E-state index contributed by atoms with van der Waals surface area (Å²) in [5.41, 5.74) is 4.16. The van der Waals surface area contributed by atoms with Gasteiger partial charge >= 0.3 is 5.97 Å². The van der Waals surface area contributed by atoms with E-state index in [2.05, 4.69) is 25.1 Å². The molecule has 1 aromatic carbocycles. The van der Waals surface area contributed by atoms with Gasteiger partial charge < -0.3 is 9.67 Å². The fourth-order valence-electron chi connectivity index (χ4n) is 2.24. The quantitative estimate of drug-likeness (QED) is 0.841. The maximum Gasteiger partial charge on any atom is 0.328 e. The van der Waals surface area contributed by atoms with Crippen molar-refractivity contribution in [2.75, 3.05) is 0 Å². The fourth-order valence-corrected chi connectivity index (χ4v) is 2.24. The number of aliphatic carboxylic acids is 1. The minimum Gasteiger partial charge on any atom is -0.478 e. The number of rotatable bonds is 3. The summed E-state index contributed by atoms with van der Waals surface area (Å²) in [6.07, 6.45) is 4.22. The summed E-state index contributed by atoms with van der Waals surface area (Å²) < 4.78 is 2.03. The molecule has 3 heteroatoms. The minimum absolute atomic E-state index is 0.779. The number of aryl methyl sites for hydroxylation is 2. The van der Waals surface area contributed by atoms with E-state index in [1.165, 1.54) is 11.6 Å². The molecule has 1 aromatic heterocycles. The van der Waals surface area contributed by atoms with Crippen LogP contribution in [0, 0.1) is 0 Å². The third-order valence-electron chi connectivity index (χ3n) is 3.23. The van der Waals surface area contributed by atoms with Crippen LogP contribution in [0.1, 0.15) is 25.0 Å². The molecule has 0 fully saturated rings. The zero-order valence-corrected chi connectivity index (χ0v) is 10.9. The Balaban J connectivity index is 2.67. The zero-order chi connectivity index (χ0) is 13.3. The van der Waals surface area contributed by atoms with Crippen LogP contribution in [0.5, 0.6) is 0 Å². The van der Waals surface area contributed by atoms with Crippen LogP contribution in [0.4, 0.5) is 0 Å². The number of carboxylic acid groups (broad SMARTS) is 1. The molecule has 0 saturated heterocycles. The fraction of sp³-hybridized carbons (Fsp3) is 0.267. The van der Waals surface area contributed by atoms with Gasteiger partial charge in [-0.05, 0) is 36.6 Å². The number of carbonyl (C=O) groups is 1. The highest BCUT2D eigenvalue weighted by Gasteiger charge is 2.09. The second-order valence-electron chi connectivity index (χ2n) is 4.52. The Hall–Kier alpha value is -2.03. The molecule has 2 rings (SSSR count). The molecule has 1 N–H and O–H groups in total. The highest BCUT2D eigenvalue weighted by molar-refractivity contribution is 5.98. The maximum absolute atomic E-state index is 10.8. The number of carboxylic acids is 1. The van der Waals surface area contributed by atoms with E-state index in [9.17, 15) is 4.79 Å². The summed E-state index contributed by atoms with van der Waals surface area (Å²) in [5, 5.41) is 9.96. The highest BCUT2D eigenvalue weighted by Crippen LogP contribution is 2.27. The monoisotopic (exact) mass is 243 g/mol. The Morgan fingerprint density at radius 3 is 2.78 bits per heavy atom. The van der Waals surface area contributed by atoms with Crippen LogP contribution in [0.15, 0.2) is 30.5 Å². The number of allylic oxidation sites excluding steroid dienone is 1. The van der Waals surface area contributed by atoms with Gasteiger partial charge in [-0.2, -0.15) is 0 Å². The summed E-state index contributed by atoms with van der Waals surface area (Å²) in [5.74, 6) is -0.906. The van der Waals surface area contributed by atoms with Crippen molar-refractivity contribution in [1.29, 1.82) is 0 Å². The summed E-state index contributed by atoms with van der Waals surface area (Å²) in [6, 6.07) is 6.35. The molecule has 3 nitrogen and oxygen atoms in total. The highest BCUT2D eigenvalue weighted by atomic mass is 16.4. The summed E-state index contributed by atoms with van der Waals surface area (Å²) >= 11 is 0. The van der Waals surface area contributed by atoms with Crippen LogP contribution in [0.2, 0.25) is 0 Å². The van der Waals surface area contributed by atoms with Gasteiger partial charge in [0.2, 0.25) is 0 Å². The van der Waals surface area contributed by atoms with Crippen LogP contribution in [-0.2, 0) is 18.3 Å². The minimum atomic E-state index is -0.906. The van der Waals surface area contributed by atoms with Crippen molar-refractivity contribution in [3.63, 3.8) is 0 Å². The number of fused-ring (bicyclic) bond motifs is 1. The number of hydrogen-bond donors (Lipinski definition) is 1. The molecule has 0 spiro atoms. The first-order chi connectivity index (χ1) is 8.52. The Morgan fingerprint density at radius 2 is 2.17 bits per heavy atom. The Morgan fingerprint density at radius 1 is 1.44 bits per heavy atom. The first-order valence-corrected chi connectivity index (χ1v) is 6.02. The molecule has 0 aliphatic heterocycles. The number of nitrogens with zero attached hydrogens (tertiary/aromatic N) is 1. The van der Waals surface area contributed by atoms with Crippen molar-refractivity contribution in [3.05, 3.63) is 41.6 Å². The average Bonchev–Trinajstić information content (AvgIpc) is 2.65. The van der Waals surface area contributed by atoms with E-state index in [1.54, 1.807) is 0 Å². The van der Waals surface area contributed by atoms with Gasteiger partial charge in [-0.25, -0.2) is 4.79 Å². The zero-order valence-electron chi connectivity index (χ0n) is 10.9. The molecule has 0 aliphatic rings. The smallest absolute Gasteiger partial charge is 0.328 e. The molecular formula is C15H17NO2. The van der Waals surface area contributed by atoms with Gasteiger partial charge in [0.15, 0.2) is 0 Å². The van der Waals surface area contributed by atoms with E-state index in [1.807, 2.05) is 24.7 Å².